The summed E-state index contributed by atoms with van der Waals surface area (Å²) in [6, 6.07) is 2.12. The highest BCUT2D eigenvalue weighted by molar-refractivity contribution is 5.96. The van der Waals surface area contributed by atoms with E-state index in [0.29, 0.717) is 0 Å². The van der Waals surface area contributed by atoms with Gasteiger partial charge in [0.25, 0.3) is 0 Å². The van der Waals surface area contributed by atoms with Gasteiger partial charge in [0.1, 0.15) is 0 Å². The highest BCUT2D eigenvalue weighted by Gasteiger charge is 2.17. The van der Waals surface area contributed by atoms with Crippen LogP contribution in [0.4, 0.5) is 0 Å². The summed E-state index contributed by atoms with van der Waals surface area (Å²) in [5.41, 5.74) is 8.08. The summed E-state index contributed by atoms with van der Waals surface area (Å²) >= 11 is 0. The van der Waals surface area contributed by atoms with Crippen molar-refractivity contribution in [3.8, 4) is 0 Å². The topological polar surface area (TPSA) is 21.5 Å². The summed E-state index contributed by atoms with van der Waals surface area (Å²) in [7, 11) is 0. The van der Waals surface area contributed by atoms with Gasteiger partial charge in [0.05, 0.1) is 5.69 Å². The second kappa shape index (κ2) is 3.73. The summed E-state index contributed by atoms with van der Waals surface area (Å²) in [6.45, 7) is 12.1. The maximum Gasteiger partial charge on any atom is 0.176 e. The average Bonchev–Trinajstić information content (AvgIpc) is 2.61. The zero-order valence-corrected chi connectivity index (χ0v) is 11.4. The molecule has 0 fully saturated rings. The number of carbonyl (C=O) groups excluding carboxylic acids is 1. The molecule has 0 saturated carbocycles. The molecule has 0 aliphatic carbocycles. The summed E-state index contributed by atoms with van der Waals surface area (Å²) in [5, 5.41) is 0. The predicted octanol–water partition coefficient (Wildman–Crippen LogP) is 3.68. The fraction of sp³-hybridized carbons (Fsp3) is 0.400. The van der Waals surface area contributed by atoms with Gasteiger partial charge >= 0.3 is 0 Å². The first-order valence-electron chi connectivity index (χ1n) is 5.95. The molecule has 17 heavy (non-hydrogen) atoms. The van der Waals surface area contributed by atoms with Gasteiger partial charge in [-0.3, -0.25) is 4.79 Å². The smallest absolute Gasteiger partial charge is 0.176 e. The summed E-state index contributed by atoms with van der Waals surface area (Å²) in [6.07, 6.45) is 0. The van der Waals surface area contributed by atoms with Crippen molar-refractivity contribution in [2.24, 2.45) is 0 Å². The largest absolute Gasteiger partial charge is 0.310 e. The Hall–Kier alpha value is -1.57. The number of hydrogen-bond donors (Lipinski definition) is 0. The number of nitrogens with zero attached hydrogens (tertiary/aromatic N) is 1. The van der Waals surface area contributed by atoms with Gasteiger partial charge in [-0.1, -0.05) is 0 Å². The van der Waals surface area contributed by atoms with Gasteiger partial charge in [-0.2, -0.15) is 0 Å². The molecule has 0 aliphatic heterocycles. The molecular weight excluding hydrogens is 210 g/mol. The van der Waals surface area contributed by atoms with Crippen molar-refractivity contribution in [3.63, 3.8) is 0 Å². The normalized spacial score (nSPS) is 11.2. The van der Waals surface area contributed by atoms with E-state index in [1.165, 1.54) is 22.4 Å². The molecule has 2 aromatic rings. The molecule has 2 rings (SSSR count). The van der Waals surface area contributed by atoms with Crippen LogP contribution in [0.1, 0.15) is 45.4 Å². The van der Waals surface area contributed by atoms with Crippen molar-refractivity contribution in [1.82, 2.24) is 4.40 Å². The van der Waals surface area contributed by atoms with Crippen LogP contribution in [-0.2, 0) is 0 Å². The Morgan fingerprint density at radius 3 is 2.12 bits per heavy atom. The molecular formula is C15H19NO. The third-order valence-electron chi connectivity index (χ3n) is 3.91. The molecule has 2 heterocycles. The molecule has 0 radical (unpaired) electrons. The first kappa shape index (κ1) is 11.9. The minimum absolute atomic E-state index is 0.133. The SMILES string of the molecule is CC(=O)c1c(C)cc2c(C)c(C)c(C)c(C)n12. The molecule has 0 unspecified atom stereocenters. The van der Waals surface area contributed by atoms with E-state index < -0.39 is 0 Å². The Morgan fingerprint density at radius 1 is 1.00 bits per heavy atom. The third kappa shape index (κ3) is 1.51. The molecule has 90 valence electrons. The lowest BCUT2D eigenvalue weighted by atomic mass is 10.0. The quantitative estimate of drug-likeness (QED) is 0.683. The van der Waals surface area contributed by atoms with Gasteiger partial charge < -0.3 is 4.40 Å². The lowest BCUT2D eigenvalue weighted by molar-refractivity contribution is 0.101. The van der Waals surface area contributed by atoms with Crippen molar-refractivity contribution in [2.75, 3.05) is 0 Å². The highest BCUT2D eigenvalue weighted by Crippen LogP contribution is 2.27. The zero-order chi connectivity index (χ0) is 12.9. The predicted molar refractivity (Wildman–Crippen MR) is 71.1 cm³/mol. The lowest BCUT2D eigenvalue weighted by Gasteiger charge is -2.14. The number of hydrogen-bond acceptors (Lipinski definition) is 1. The Kier molecular flexibility index (Phi) is 2.61. The molecule has 0 N–H and O–H groups in total. The molecule has 0 spiro atoms. The zero-order valence-electron chi connectivity index (χ0n) is 11.4. The van der Waals surface area contributed by atoms with Gasteiger partial charge in [0.15, 0.2) is 5.78 Å². The molecule has 0 amide bonds. The Balaban J connectivity index is 3.07. The molecule has 2 nitrogen and oxygen atoms in total. The summed E-state index contributed by atoms with van der Waals surface area (Å²) in [5.74, 6) is 0.133. The number of Topliss-reactive ketones (excluding diaryl/α,β-unsaturated/α-hetero) is 1. The summed E-state index contributed by atoms with van der Waals surface area (Å²) < 4.78 is 2.11. The van der Waals surface area contributed by atoms with E-state index in [0.717, 1.165) is 16.8 Å². The first-order valence-corrected chi connectivity index (χ1v) is 5.95. The van der Waals surface area contributed by atoms with Crippen LogP contribution in [0, 0.1) is 34.6 Å². The monoisotopic (exact) mass is 229 g/mol. The van der Waals surface area contributed by atoms with E-state index in [-0.39, 0.29) is 5.78 Å². The maximum absolute atomic E-state index is 11.8. The van der Waals surface area contributed by atoms with Gasteiger partial charge in [0, 0.05) is 18.1 Å². The van der Waals surface area contributed by atoms with E-state index in [1.54, 1.807) is 6.92 Å². The minimum Gasteiger partial charge on any atom is -0.310 e. The highest BCUT2D eigenvalue weighted by atomic mass is 16.1. The van der Waals surface area contributed by atoms with E-state index in [2.05, 4.69) is 38.2 Å². The standard InChI is InChI=1S/C15H19NO/c1-8-7-14-11(4)9(2)10(3)12(5)16(14)15(8)13(6)17/h7H,1-6H3. The van der Waals surface area contributed by atoms with E-state index >= 15 is 0 Å². The first-order chi connectivity index (χ1) is 7.86. The molecule has 2 heteroatoms. The van der Waals surface area contributed by atoms with Gasteiger partial charge in [0.2, 0.25) is 0 Å². The number of ketones is 1. The number of fused-ring (bicyclic) bond motifs is 1. The van der Waals surface area contributed by atoms with Crippen molar-refractivity contribution in [3.05, 3.63) is 39.7 Å². The van der Waals surface area contributed by atoms with Crippen LogP contribution in [-0.4, -0.2) is 10.2 Å². The van der Waals surface area contributed by atoms with Crippen molar-refractivity contribution >= 4 is 11.3 Å². The van der Waals surface area contributed by atoms with E-state index in [1.807, 2.05) is 6.92 Å². The molecule has 0 bridgehead atoms. The third-order valence-corrected chi connectivity index (χ3v) is 3.91. The van der Waals surface area contributed by atoms with Crippen molar-refractivity contribution in [2.45, 2.75) is 41.5 Å². The van der Waals surface area contributed by atoms with Crippen LogP contribution in [0.3, 0.4) is 0 Å². The Labute approximate surface area is 102 Å². The summed E-state index contributed by atoms with van der Waals surface area (Å²) in [4.78, 5) is 11.8. The molecule has 0 aliphatic rings. The van der Waals surface area contributed by atoms with Crippen LogP contribution in [0.2, 0.25) is 0 Å². The number of carbonyl (C=O) groups is 1. The number of aromatic nitrogens is 1. The van der Waals surface area contributed by atoms with Crippen LogP contribution >= 0.6 is 0 Å². The fourth-order valence-electron chi connectivity index (χ4n) is 2.61. The van der Waals surface area contributed by atoms with Crippen molar-refractivity contribution in [1.29, 1.82) is 0 Å². The van der Waals surface area contributed by atoms with Crippen molar-refractivity contribution < 1.29 is 4.79 Å². The fourth-order valence-corrected chi connectivity index (χ4v) is 2.61. The molecule has 2 aromatic heterocycles. The lowest BCUT2D eigenvalue weighted by Crippen LogP contribution is -2.07. The van der Waals surface area contributed by atoms with Gasteiger partial charge in [-0.05, 0) is 62.9 Å². The van der Waals surface area contributed by atoms with Crippen LogP contribution in [0.5, 0.6) is 0 Å². The number of rotatable bonds is 1. The maximum atomic E-state index is 11.8. The average molecular weight is 229 g/mol. The van der Waals surface area contributed by atoms with Crippen LogP contribution in [0.15, 0.2) is 6.07 Å². The number of aryl methyl sites for hydroxylation is 3. The molecule has 0 aromatic carbocycles. The van der Waals surface area contributed by atoms with E-state index in [9.17, 15) is 4.79 Å². The van der Waals surface area contributed by atoms with Crippen LogP contribution in [0.25, 0.3) is 5.52 Å². The Morgan fingerprint density at radius 2 is 1.59 bits per heavy atom. The minimum atomic E-state index is 0.133. The Bertz CT molecular complexity index is 632. The van der Waals surface area contributed by atoms with E-state index in [4.69, 9.17) is 0 Å². The second-order valence-electron chi connectivity index (χ2n) is 4.91. The second-order valence-corrected chi connectivity index (χ2v) is 4.91. The number of pyridine rings is 1. The van der Waals surface area contributed by atoms with Gasteiger partial charge in [-0.25, -0.2) is 0 Å². The molecule has 0 saturated heterocycles. The van der Waals surface area contributed by atoms with Gasteiger partial charge in [-0.15, -0.1) is 0 Å². The van der Waals surface area contributed by atoms with Crippen LogP contribution < -0.4 is 0 Å². The molecule has 0 atom stereocenters.